The fourth-order valence-corrected chi connectivity index (χ4v) is 1.13. The van der Waals surface area contributed by atoms with Crippen LogP contribution in [0.2, 0.25) is 0 Å². The Morgan fingerprint density at radius 2 is 2.37 bits per heavy atom. The van der Waals surface area contributed by atoms with Gasteiger partial charge in [0.25, 0.3) is 0 Å². The van der Waals surface area contributed by atoms with E-state index in [1.807, 2.05) is 6.92 Å². The highest BCUT2D eigenvalue weighted by Gasteiger charge is 2.01. The van der Waals surface area contributed by atoms with Crippen LogP contribution < -0.4 is 15.9 Å². The number of hydrazone groups is 1. The Bertz CT molecular complexity index is 556. The van der Waals surface area contributed by atoms with Crippen molar-refractivity contribution in [2.45, 2.75) is 6.92 Å². The summed E-state index contributed by atoms with van der Waals surface area (Å²) >= 11 is 0. The minimum Gasteiger partial charge on any atom is -0.489 e. The van der Waals surface area contributed by atoms with Crippen LogP contribution in [0.5, 0.6) is 5.75 Å². The van der Waals surface area contributed by atoms with E-state index < -0.39 is 0 Å². The molecule has 0 aromatic heterocycles. The fourth-order valence-electron chi connectivity index (χ4n) is 1.13. The van der Waals surface area contributed by atoms with E-state index in [1.165, 1.54) is 0 Å². The number of nitrogens with zero attached hydrogens (tertiary/aromatic N) is 2. The van der Waals surface area contributed by atoms with Crippen molar-refractivity contribution in [1.82, 2.24) is 0 Å². The molecule has 0 radical (unpaired) electrons. The molecule has 98 valence electrons. The summed E-state index contributed by atoms with van der Waals surface area (Å²) < 4.78 is 5.47. The molecule has 1 rings (SSSR count). The zero-order valence-electron chi connectivity index (χ0n) is 10.6. The maximum Gasteiger partial charge on any atom is 0.201 e. The molecule has 0 spiro atoms. The van der Waals surface area contributed by atoms with E-state index in [1.54, 1.807) is 30.3 Å². The quantitative estimate of drug-likeness (QED) is 0.313. The first-order valence-corrected chi connectivity index (χ1v) is 5.48. The molecule has 19 heavy (non-hydrogen) atoms. The Labute approximate surface area is 111 Å². The number of rotatable bonds is 6. The van der Waals surface area contributed by atoms with Gasteiger partial charge in [-0.05, 0) is 24.6 Å². The molecular formula is C13H15N5O. The molecular weight excluding hydrogens is 242 g/mol. The van der Waals surface area contributed by atoms with Crippen LogP contribution in [0.3, 0.4) is 0 Å². The number of nitrogens with one attached hydrogen (secondary N) is 2. The molecule has 0 heterocycles. The molecule has 6 nitrogen and oxygen atoms in total. The van der Waals surface area contributed by atoms with Crippen molar-refractivity contribution < 1.29 is 4.74 Å². The zero-order valence-corrected chi connectivity index (χ0v) is 10.6. The molecule has 0 aliphatic carbocycles. The van der Waals surface area contributed by atoms with E-state index in [2.05, 4.69) is 17.1 Å². The SMILES string of the molecule is C=C(C)COc1cccc(N/N=C(\C#N)C(=N)N)c1. The number of hydrogen-bond acceptors (Lipinski definition) is 5. The summed E-state index contributed by atoms with van der Waals surface area (Å²) in [6.45, 7) is 6.05. The molecule has 0 fully saturated rings. The average molecular weight is 257 g/mol. The molecule has 0 bridgehead atoms. The summed E-state index contributed by atoms with van der Waals surface area (Å²) in [6.07, 6.45) is 0. The van der Waals surface area contributed by atoms with Gasteiger partial charge in [0, 0.05) is 6.07 Å². The van der Waals surface area contributed by atoms with Gasteiger partial charge in [0.05, 0.1) is 5.69 Å². The Morgan fingerprint density at radius 3 is 2.95 bits per heavy atom. The first kappa shape index (κ1) is 14.3. The maximum absolute atomic E-state index is 8.70. The van der Waals surface area contributed by atoms with Crippen LogP contribution >= 0.6 is 0 Å². The highest BCUT2D eigenvalue weighted by molar-refractivity contribution is 6.45. The summed E-state index contributed by atoms with van der Waals surface area (Å²) in [5, 5.41) is 19.6. The van der Waals surface area contributed by atoms with Crippen LogP contribution in [-0.4, -0.2) is 18.2 Å². The minimum atomic E-state index is -0.385. The molecule has 6 heteroatoms. The van der Waals surface area contributed by atoms with Crippen molar-refractivity contribution in [3.8, 4) is 11.8 Å². The second-order valence-electron chi connectivity index (χ2n) is 3.87. The van der Waals surface area contributed by atoms with Crippen molar-refractivity contribution in [1.29, 1.82) is 10.7 Å². The van der Waals surface area contributed by atoms with Crippen LogP contribution in [0.15, 0.2) is 41.5 Å². The van der Waals surface area contributed by atoms with Crippen LogP contribution in [0.1, 0.15) is 6.92 Å². The molecule has 0 amide bonds. The summed E-state index contributed by atoms with van der Waals surface area (Å²) in [6, 6.07) is 8.78. The van der Waals surface area contributed by atoms with E-state index in [-0.39, 0.29) is 11.5 Å². The Hall–Kier alpha value is -2.81. The van der Waals surface area contributed by atoms with Crippen molar-refractivity contribution in [2.24, 2.45) is 10.8 Å². The Kier molecular flexibility index (Phi) is 5.11. The third-order valence-corrected chi connectivity index (χ3v) is 1.98. The maximum atomic E-state index is 8.70. The Balaban J connectivity index is 2.75. The molecule has 0 saturated carbocycles. The highest BCUT2D eigenvalue weighted by Crippen LogP contribution is 2.17. The van der Waals surface area contributed by atoms with Gasteiger partial charge in [0.15, 0.2) is 5.84 Å². The number of ether oxygens (including phenoxy) is 1. The smallest absolute Gasteiger partial charge is 0.201 e. The highest BCUT2D eigenvalue weighted by atomic mass is 16.5. The molecule has 4 N–H and O–H groups in total. The van der Waals surface area contributed by atoms with Gasteiger partial charge in [-0.1, -0.05) is 12.6 Å². The predicted octanol–water partition coefficient (Wildman–Crippen LogP) is 1.87. The normalized spacial score (nSPS) is 10.4. The lowest BCUT2D eigenvalue weighted by atomic mass is 10.3. The zero-order chi connectivity index (χ0) is 14.3. The predicted molar refractivity (Wildman–Crippen MR) is 75.3 cm³/mol. The average Bonchev–Trinajstić information content (AvgIpc) is 2.37. The minimum absolute atomic E-state index is 0.173. The number of benzene rings is 1. The number of nitriles is 1. The van der Waals surface area contributed by atoms with Crippen molar-refractivity contribution in [2.75, 3.05) is 12.0 Å². The summed E-state index contributed by atoms with van der Waals surface area (Å²) in [4.78, 5) is 0. The van der Waals surface area contributed by atoms with Crippen LogP contribution in [0.25, 0.3) is 0 Å². The molecule has 1 aromatic carbocycles. The standard InChI is InChI=1S/C13H15N5O/c1-9(2)8-19-11-5-3-4-10(6-11)17-18-12(7-14)13(15)16/h3-6,17H,1,8H2,2H3,(H3,15,16)/b18-12+. The number of nitrogens with two attached hydrogens (primary N) is 1. The van der Waals surface area contributed by atoms with Crippen LogP contribution in [-0.2, 0) is 0 Å². The lowest BCUT2D eigenvalue weighted by Gasteiger charge is -2.07. The van der Waals surface area contributed by atoms with E-state index in [9.17, 15) is 0 Å². The number of anilines is 1. The van der Waals surface area contributed by atoms with Gasteiger partial charge in [-0.3, -0.25) is 10.8 Å². The van der Waals surface area contributed by atoms with Gasteiger partial charge < -0.3 is 10.5 Å². The van der Waals surface area contributed by atoms with Gasteiger partial charge in [0.1, 0.15) is 18.4 Å². The van der Waals surface area contributed by atoms with Gasteiger partial charge in [-0.15, -0.1) is 0 Å². The Morgan fingerprint density at radius 1 is 1.63 bits per heavy atom. The van der Waals surface area contributed by atoms with Gasteiger partial charge >= 0.3 is 0 Å². The molecule has 0 saturated heterocycles. The van der Waals surface area contributed by atoms with Crippen molar-refractivity contribution in [3.05, 3.63) is 36.4 Å². The molecule has 0 aliphatic heterocycles. The van der Waals surface area contributed by atoms with E-state index >= 15 is 0 Å². The summed E-state index contributed by atoms with van der Waals surface area (Å²) in [5.74, 6) is 0.272. The third-order valence-electron chi connectivity index (χ3n) is 1.98. The summed E-state index contributed by atoms with van der Waals surface area (Å²) in [5.41, 5.74) is 9.20. The van der Waals surface area contributed by atoms with Crippen LogP contribution in [0.4, 0.5) is 5.69 Å². The first-order valence-electron chi connectivity index (χ1n) is 5.48. The second-order valence-corrected chi connectivity index (χ2v) is 3.87. The largest absolute Gasteiger partial charge is 0.489 e. The van der Waals surface area contributed by atoms with Crippen molar-refractivity contribution in [3.63, 3.8) is 0 Å². The third kappa shape index (κ3) is 4.91. The lowest BCUT2D eigenvalue weighted by molar-refractivity contribution is 0.353. The first-order chi connectivity index (χ1) is 9.02. The van der Waals surface area contributed by atoms with Gasteiger partial charge in [-0.2, -0.15) is 10.4 Å². The lowest BCUT2D eigenvalue weighted by Crippen LogP contribution is -2.21. The van der Waals surface area contributed by atoms with Crippen molar-refractivity contribution >= 4 is 17.2 Å². The molecule has 0 unspecified atom stereocenters. The number of hydrogen-bond donors (Lipinski definition) is 3. The van der Waals surface area contributed by atoms with E-state index in [4.69, 9.17) is 21.1 Å². The molecule has 0 aliphatic rings. The fraction of sp³-hybridized carbons (Fsp3) is 0.154. The second kappa shape index (κ2) is 6.81. The monoisotopic (exact) mass is 257 g/mol. The van der Waals surface area contributed by atoms with Gasteiger partial charge in [0.2, 0.25) is 5.71 Å². The van der Waals surface area contributed by atoms with Gasteiger partial charge in [-0.25, -0.2) is 0 Å². The summed E-state index contributed by atoms with van der Waals surface area (Å²) in [7, 11) is 0. The van der Waals surface area contributed by atoms with E-state index in [0.717, 1.165) is 5.57 Å². The number of amidine groups is 1. The molecule has 0 atom stereocenters. The molecule has 1 aromatic rings. The van der Waals surface area contributed by atoms with Crippen LogP contribution in [0, 0.1) is 16.7 Å². The topological polar surface area (TPSA) is 107 Å². The van der Waals surface area contributed by atoms with E-state index in [0.29, 0.717) is 18.0 Å².